The number of nitro benzene ring substituents is 1. The SMILES string of the molecule is CNc1ccc(C(=O)NN2CCOCC2)cc1[N+](=O)[O-]. The van der Waals surface area contributed by atoms with Crippen molar-refractivity contribution in [1.29, 1.82) is 0 Å². The summed E-state index contributed by atoms with van der Waals surface area (Å²) in [5, 5.41) is 15.4. The summed E-state index contributed by atoms with van der Waals surface area (Å²) < 4.78 is 5.18. The number of carbonyl (C=O) groups excluding carboxylic acids is 1. The fraction of sp³-hybridized carbons (Fsp3) is 0.417. The van der Waals surface area contributed by atoms with Gasteiger partial charge in [0.25, 0.3) is 11.6 Å². The lowest BCUT2D eigenvalue weighted by Crippen LogP contribution is -2.48. The van der Waals surface area contributed by atoms with Gasteiger partial charge in [-0.2, -0.15) is 0 Å². The molecule has 8 nitrogen and oxygen atoms in total. The largest absolute Gasteiger partial charge is 0.383 e. The van der Waals surface area contributed by atoms with Gasteiger partial charge in [-0.25, -0.2) is 5.01 Å². The Bertz CT molecular complexity index is 514. The van der Waals surface area contributed by atoms with E-state index in [-0.39, 0.29) is 17.2 Å². The normalized spacial score (nSPS) is 15.7. The lowest BCUT2D eigenvalue weighted by atomic mass is 10.1. The number of nitro groups is 1. The van der Waals surface area contributed by atoms with Gasteiger partial charge in [0, 0.05) is 31.8 Å². The number of ether oxygens (including phenoxy) is 1. The van der Waals surface area contributed by atoms with Crippen molar-refractivity contribution < 1.29 is 14.5 Å². The summed E-state index contributed by atoms with van der Waals surface area (Å²) in [7, 11) is 1.59. The van der Waals surface area contributed by atoms with Crippen molar-refractivity contribution in [2.45, 2.75) is 0 Å². The van der Waals surface area contributed by atoms with Crippen LogP contribution in [0.1, 0.15) is 10.4 Å². The Morgan fingerprint density at radius 2 is 2.10 bits per heavy atom. The Morgan fingerprint density at radius 1 is 1.40 bits per heavy atom. The van der Waals surface area contributed by atoms with E-state index in [0.717, 1.165) is 0 Å². The van der Waals surface area contributed by atoms with Crippen LogP contribution < -0.4 is 10.7 Å². The molecule has 20 heavy (non-hydrogen) atoms. The Hall–Kier alpha value is -2.19. The minimum atomic E-state index is -0.517. The third-order valence-corrected chi connectivity index (χ3v) is 3.00. The number of amides is 1. The van der Waals surface area contributed by atoms with Crippen LogP contribution in [-0.2, 0) is 4.74 Å². The first-order chi connectivity index (χ1) is 9.61. The summed E-state index contributed by atoms with van der Waals surface area (Å²) in [6, 6.07) is 4.34. The van der Waals surface area contributed by atoms with Crippen molar-refractivity contribution in [2.75, 3.05) is 38.7 Å². The molecule has 0 aromatic heterocycles. The molecule has 1 aliphatic heterocycles. The van der Waals surface area contributed by atoms with Crippen LogP contribution in [0.2, 0.25) is 0 Å². The van der Waals surface area contributed by atoms with Gasteiger partial charge in [0.2, 0.25) is 0 Å². The number of anilines is 1. The highest BCUT2D eigenvalue weighted by Crippen LogP contribution is 2.24. The van der Waals surface area contributed by atoms with Gasteiger partial charge in [0.05, 0.1) is 18.1 Å². The number of hydrogen-bond donors (Lipinski definition) is 2. The van der Waals surface area contributed by atoms with Crippen LogP contribution in [0.25, 0.3) is 0 Å². The van der Waals surface area contributed by atoms with E-state index in [9.17, 15) is 14.9 Å². The smallest absolute Gasteiger partial charge is 0.293 e. The molecule has 1 aromatic rings. The Balaban J connectivity index is 2.13. The molecule has 2 N–H and O–H groups in total. The minimum Gasteiger partial charge on any atom is -0.383 e. The summed E-state index contributed by atoms with van der Waals surface area (Å²) >= 11 is 0. The topological polar surface area (TPSA) is 96.7 Å². The molecule has 0 unspecified atom stereocenters. The predicted octanol–water partition coefficient (Wildman–Crippen LogP) is 0.613. The number of benzene rings is 1. The van der Waals surface area contributed by atoms with Gasteiger partial charge >= 0.3 is 0 Å². The quantitative estimate of drug-likeness (QED) is 0.619. The average Bonchev–Trinajstić information content (AvgIpc) is 2.47. The zero-order valence-corrected chi connectivity index (χ0v) is 11.1. The molecule has 108 valence electrons. The van der Waals surface area contributed by atoms with Gasteiger partial charge in [0.15, 0.2) is 0 Å². The molecule has 1 heterocycles. The van der Waals surface area contributed by atoms with E-state index in [0.29, 0.717) is 32.0 Å². The van der Waals surface area contributed by atoms with E-state index in [4.69, 9.17) is 4.74 Å². The second-order valence-corrected chi connectivity index (χ2v) is 4.28. The van der Waals surface area contributed by atoms with E-state index in [2.05, 4.69) is 10.7 Å². The molecule has 1 aliphatic rings. The van der Waals surface area contributed by atoms with Gasteiger partial charge in [-0.3, -0.25) is 20.3 Å². The summed E-state index contributed by atoms with van der Waals surface area (Å²) in [5.41, 5.74) is 3.21. The van der Waals surface area contributed by atoms with E-state index >= 15 is 0 Å². The van der Waals surface area contributed by atoms with E-state index in [1.807, 2.05) is 0 Å². The molecule has 1 fully saturated rings. The van der Waals surface area contributed by atoms with Crippen LogP contribution in [0.3, 0.4) is 0 Å². The van der Waals surface area contributed by atoms with Crippen LogP contribution in [-0.4, -0.2) is 49.2 Å². The molecule has 0 bridgehead atoms. The van der Waals surface area contributed by atoms with Crippen molar-refractivity contribution in [1.82, 2.24) is 10.4 Å². The maximum absolute atomic E-state index is 12.1. The van der Waals surface area contributed by atoms with Crippen LogP contribution in [0.15, 0.2) is 18.2 Å². The van der Waals surface area contributed by atoms with Crippen molar-refractivity contribution in [3.05, 3.63) is 33.9 Å². The molecular weight excluding hydrogens is 264 g/mol. The third kappa shape index (κ3) is 3.22. The molecule has 1 aromatic carbocycles. The van der Waals surface area contributed by atoms with Crippen LogP contribution in [0.5, 0.6) is 0 Å². The zero-order chi connectivity index (χ0) is 14.5. The summed E-state index contributed by atoms with van der Waals surface area (Å²) in [6.45, 7) is 2.31. The lowest BCUT2D eigenvalue weighted by molar-refractivity contribution is -0.384. The second kappa shape index (κ2) is 6.31. The van der Waals surface area contributed by atoms with Crippen molar-refractivity contribution in [2.24, 2.45) is 0 Å². The maximum atomic E-state index is 12.1. The van der Waals surface area contributed by atoms with Crippen molar-refractivity contribution in [3.8, 4) is 0 Å². The third-order valence-electron chi connectivity index (χ3n) is 3.00. The summed E-state index contributed by atoms with van der Waals surface area (Å²) in [4.78, 5) is 22.5. The average molecular weight is 280 g/mol. The molecule has 0 saturated carbocycles. The van der Waals surface area contributed by atoms with Gasteiger partial charge in [-0.1, -0.05) is 0 Å². The highest BCUT2D eigenvalue weighted by atomic mass is 16.6. The highest BCUT2D eigenvalue weighted by molar-refractivity contribution is 5.95. The first-order valence-electron chi connectivity index (χ1n) is 6.21. The summed E-state index contributed by atoms with van der Waals surface area (Å²) in [6.07, 6.45) is 0. The molecule has 0 aliphatic carbocycles. The number of nitrogens with zero attached hydrogens (tertiary/aromatic N) is 2. The number of hydrazine groups is 1. The lowest BCUT2D eigenvalue weighted by Gasteiger charge is -2.26. The minimum absolute atomic E-state index is 0.123. The molecule has 1 saturated heterocycles. The van der Waals surface area contributed by atoms with Gasteiger partial charge in [0.1, 0.15) is 5.69 Å². The van der Waals surface area contributed by atoms with E-state index < -0.39 is 4.92 Å². The molecule has 8 heteroatoms. The molecule has 0 spiro atoms. The number of carbonyl (C=O) groups is 1. The maximum Gasteiger partial charge on any atom is 0.293 e. The first kappa shape index (κ1) is 14.2. The monoisotopic (exact) mass is 280 g/mol. The first-order valence-corrected chi connectivity index (χ1v) is 6.21. The van der Waals surface area contributed by atoms with E-state index in [1.54, 1.807) is 18.1 Å². The van der Waals surface area contributed by atoms with Gasteiger partial charge < -0.3 is 10.1 Å². The number of nitrogens with one attached hydrogen (secondary N) is 2. The van der Waals surface area contributed by atoms with Crippen molar-refractivity contribution in [3.63, 3.8) is 0 Å². The van der Waals surface area contributed by atoms with E-state index in [1.165, 1.54) is 12.1 Å². The van der Waals surface area contributed by atoms with Gasteiger partial charge in [-0.15, -0.1) is 0 Å². The Kier molecular flexibility index (Phi) is 4.49. The molecular formula is C12H16N4O4. The number of morpholine rings is 1. The van der Waals surface area contributed by atoms with Crippen LogP contribution >= 0.6 is 0 Å². The predicted molar refractivity (Wildman–Crippen MR) is 72.5 cm³/mol. The standard InChI is InChI=1S/C12H16N4O4/c1-13-10-3-2-9(8-11(10)16(18)19)12(17)14-15-4-6-20-7-5-15/h2-3,8,13H,4-7H2,1H3,(H,14,17). The molecule has 2 rings (SSSR count). The zero-order valence-electron chi connectivity index (χ0n) is 11.1. The van der Waals surface area contributed by atoms with Gasteiger partial charge in [-0.05, 0) is 12.1 Å². The second-order valence-electron chi connectivity index (χ2n) is 4.28. The Morgan fingerprint density at radius 3 is 2.70 bits per heavy atom. The summed E-state index contributed by atoms with van der Waals surface area (Å²) in [5.74, 6) is -0.363. The van der Waals surface area contributed by atoms with Crippen molar-refractivity contribution >= 4 is 17.3 Å². The molecule has 0 radical (unpaired) electrons. The van der Waals surface area contributed by atoms with Crippen LogP contribution in [0.4, 0.5) is 11.4 Å². The highest BCUT2D eigenvalue weighted by Gasteiger charge is 2.19. The molecule has 1 amide bonds. The fourth-order valence-electron chi connectivity index (χ4n) is 1.92. The number of rotatable bonds is 4. The Labute approximate surface area is 115 Å². The molecule has 0 atom stereocenters. The number of hydrogen-bond acceptors (Lipinski definition) is 6. The van der Waals surface area contributed by atoms with Crippen LogP contribution in [0, 0.1) is 10.1 Å². The fourth-order valence-corrected chi connectivity index (χ4v) is 1.92.